The van der Waals surface area contributed by atoms with Crippen molar-refractivity contribution in [3.05, 3.63) is 11.6 Å². The first-order valence-electron chi connectivity index (χ1n) is 3.73. The Bertz CT molecular complexity index is 156. The third-order valence-electron chi connectivity index (χ3n) is 1.61. The van der Waals surface area contributed by atoms with Crippen molar-refractivity contribution in [2.75, 3.05) is 12.5 Å². The van der Waals surface area contributed by atoms with Crippen LogP contribution in [0.2, 0.25) is 0 Å². The zero-order chi connectivity index (χ0) is 8.27. The molecule has 1 fully saturated rings. The van der Waals surface area contributed by atoms with Gasteiger partial charge >= 0.3 is 0 Å². The summed E-state index contributed by atoms with van der Waals surface area (Å²) in [6, 6.07) is 0. The number of rotatable bonds is 2. The van der Waals surface area contributed by atoms with Gasteiger partial charge in [-0.1, -0.05) is 6.08 Å². The van der Waals surface area contributed by atoms with Gasteiger partial charge in [-0.25, -0.2) is 0 Å². The lowest BCUT2D eigenvalue weighted by molar-refractivity contribution is -0.0251. The van der Waals surface area contributed by atoms with E-state index in [0.717, 1.165) is 5.57 Å². The van der Waals surface area contributed by atoms with Crippen LogP contribution in [0, 0.1) is 0 Å². The fraction of sp³-hybridized carbons (Fsp3) is 0.750. The van der Waals surface area contributed by atoms with Gasteiger partial charge in [0.05, 0.1) is 12.7 Å². The Morgan fingerprint density at radius 3 is 2.91 bits per heavy atom. The molecule has 2 atom stereocenters. The Morgan fingerprint density at radius 2 is 2.45 bits per heavy atom. The second kappa shape index (κ2) is 4.10. The Balaban J connectivity index is 2.43. The molecule has 0 aromatic heterocycles. The first-order chi connectivity index (χ1) is 5.24. The molecular formula is C8H13ClO2. The SMILES string of the molecule is CC(=CCCl)C1OCC(C)O1. The minimum absolute atomic E-state index is 0.163. The predicted octanol–water partition coefficient (Wildman–Crippen LogP) is 1.93. The van der Waals surface area contributed by atoms with Crippen LogP contribution >= 0.6 is 11.6 Å². The van der Waals surface area contributed by atoms with Crippen molar-refractivity contribution in [1.29, 1.82) is 0 Å². The molecule has 0 aromatic carbocycles. The maximum atomic E-state index is 5.52. The summed E-state index contributed by atoms with van der Waals surface area (Å²) in [6.07, 6.45) is 1.95. The Hall–Kier alpha value is -0.0500. The lowest BCUT2D eigenvalue weighted by Crippen LogP contribution is -2.10. The van der Waals surface area contributed by atoms with Gasteiger partial charge in [-0.15, -0.1) is 11.6 Å². The molecule has 11 heavy (non-hydrogen) atoms. The van der Waals surface area contributed by atoms with Crippen LogP contribution in [0.5, 0.6) is 0 Å². The van der Waals surface area contributed by atoms with Crippen LogP contribution in [0.3, 0.4) is 0 Å². The average Bonchev–Trinajstić information content (AvgIpc) is 2.36. The molecule has 1 saturated heterocycles. The molecule has 0 radical (unpaired) electrons. The summed E-state index contributed by atoms with van der Waals surface area (Å²) in [5, 5.41) is 0. The van der Waals surface area contributed by atoms with Gasteiger partial charge in [-0.3, -0.25) is 0 Å². The van der Waals surface area contributed by atoms with Gasteiger partial charge in [0, 0.05) is 5.88 Å². The highest BCUT2D eigenvalue weighted by Crippen LogP contribution is 2.17. The van der Waals surface area contributed by atoms with Crippen LogP contribution in [0.4, 0.5) is 0 Å². The van der Waals surface area contributed by atoms with Crippen molar-refractivity contribution >= 4 is 11.6 Å². The molecule has 64 valence electrons. The van der Waals surface area contributed by atoms with Gasteiger partial charge in [0.2, 0.25) is 0 Å². The number of allylic oxidation sites excluding steroid dienone is 1. The van der Waals surface area contributed by atoms with Gasteiger partial charge in [0.1, 0.15) is 0 Å². The van der Waals surface area contributed by atoms with E-state index >= 15 is 0 Å². The minimum Gasteiger partial charge on any atom is -0.346 e. The first-order valence-corrected chi connectivity index (χ1v) is 4.27. The largest absolute Gasteiger partial charge is 0.346 e. The Kier molecular flexibility index (Phi) is 3.37. The number of alkyl halides is 1. The van der Waals surface area contributed by atoms with Crippen molar-refractivity contribution in [3.8, 4) is 0 Å². The van der Waals surface area contributed by atoms with Crippen molar-refractivity contribution in [1.82, 2.24) is 0 Å². The van der Waals surface area contributed by atoms with Crippen LogP contribution < -0.4 is 0 Å². The number of hydrogen-bond donors (Lipinski definition) is 0. The molecule has 1 aliphatic heterocycles. The van der Waals surface area contributed by atoms with E-state index in [9.17, 15) is 0 Å². The molecule has 0 N–H and O–H groups in total. The summed E-state index contributed by atoms with van der Waals surface area (Å²) in [5.41, 5.74) is 1.06. The van der Waals surface area contributed by atoms with Crippen molar-refractivity contribution in [3.63, 3.8) is 0 Å². The van der Waals surface area contributed by atoms with E-state index in [4.69, 9.17) is 21.1 Å². The van der Waals surface area contributed by atoms with E-state index in [0.29, 0.717) is 12.5 Å². The standard InChI is InChI=1S/C8H13ClO2/c1-6(3-4-9)8-10-5-7(2)11-8/h3,7-8H,4-5H2,1-2H3. The maximum absolute atomic E-state index is 5.52. The Morgan fingerprint density at radius 1 is 1.73 bits per heavy atom. The molecule has 1 heterocycles. The topological polar surface area (TPSA) is 18.5 Å². The lowest BCUT2D eigenvalue weighted by Gasteiger charge is -2.09. The zero-order valence-corrected chi connectivity index (χ0v) is 7.60. The molecule has 0 saturated carbocycles. The van der Waals surface area contributed by atoms with Gasteiger partial charge in [-0.05, 0) is 19.4 Å². The van der Waals surface area contributed by atoms with Crippen LogP contribution in [0.1, 0.15) is 13.8 Å². The van der Waals surface area contributed by atoms with Gasteiger partial charge in [0.25, 0.3) is 0 Å². The number of halogens is 1. The van der Waals surface area contributed by atoms with Crippen LogP contribution in [-0.4, -0.2) is 24.9 Å². The second-order valence-electron chi connectivity index (χ2n) is 2.71. The quantitative estimate of drug-likeness (QED) is 0.473. The van der Waals surface area contributed by atoms with Crippen molar-refractivity contribution in [2.45, 2.75) is 26.2 Å². The summed E-state index contributed by atoms with van der Waals surface area (Å²) in [6.45, 7) is 4.64. The van der Waals surface area contributed by atoms with E-state index < -0.39 is 0 Å². The summed E-state index contributed by atoms with van der Waals surface area (Å²) < 4.78 is 10.8. The van der Waals surface area contributed by atoms with E-state index in [1.807, 2.05) is 19.9 Å². The molecule has 1 rings (SSSR count). The summed E-state index contributed by atoms with van der Waals surface area (Å²) >= 11 is 5.52. The van der Waals surface area contributed by atoms with E-state index in [-0.39, 0.29) is 12.4 Å². The third kappa shape index (κ3) is 2.47. The van der Waals surface area contributed by atoms with Gasteiger partial charge in [-0.2, -0.15) is 0 Å². The molecule has 0 aromatic rings. The smallest absolute Gasteiger partial charge is 0.180 e. The summed E-state index contributed by atoms with van der Waals surface area (Å²) in [7, 11) is 0. The monoisotopic (exact) mass is 176 g/mol. The predicted molar refractivity (Wildman–Crippen MR) is 44.8 cm³/mol. The highest BCUT2D eigenvalue weighted by atomic mass is 35.5. The van der Waals surface area contributed by atoms with Crippen LogP contribution in [0.15, 0.2) is 11.6 Å². The fourth-order valence-electron chi connectivity index (χ4n) is 0.969. The van der Waals surface area contributed by atoms with Crippen molar-refractivity contribution in [2.24, 2.45) is 0 Å². The second-order valence-corrected chi connectivity index (χ2v) is 3.02. The molecule has 1 aliphatic rings. The highest BCUT2D eigenvalue weighted by Gasteiger charge is 2.23. The average molecular weight is 177 g/mol. The third-order valence-corrected chi connectivity index (χ3v) is 1.76. The summed E-state index contributed by atoms with van der Waals surface area (Å²) in [4.78, 5) is 0. The molecule has 2 unspecified atom stereocenters. The number of ether oxygens (including phenoxy) is 2. The number of hydrogen-bond acceptors (Lipinski definition) is 2. The fourth-order valence-corrected chi connectivity index (χ4v) is 1.21. The molecule has 2 nitrogen and oxygen atoms in total. The maximum Gasteiger partial charge on any atom is 0.180 e. The molecule has 0 aliphatic carbocycles. The molecular weight excluding hydrogens is 164 g/mol. The van der Waals surface area contributed by atoms with Gasteiger partial charge in [0.15, 0.2) is 6.29 Å². The molecule has 3 heteroatoms. The van der Waals surface area contributed by atoms with E-state index in [1.165, 1.54) is 0 Å². The molecule has 0 bridgehead atoms. The van der Waals surface area contributed by atoms with Crippen LogP contribution in [-0.2, 0) is 9.47 Å². The van der Waals surface area contributed by atoms with E-state index in [1.54, 1.807) is 0 Å². The Labute approximate surface area is 72.1 Å². The minimum atomic E-state index is -0.163. The summed E-state index contributed by atoms with van der Waals surface area (Å²) in [5.74, 6) is 0.517. The zero-order valence-electron chi connectivity index (χ0n) is 6.84. The normalized spacial score (nSPS) is 32.8. The van der Waals surface area contributed by atoms with Crippen LogP contribution in [0.25, 0.3) is 0 Å². The molecule has 0 amide bonds. The van der Waals surface area contributed by atoms with Gasteiger partial charge < -0.3 is 9.47 Å². The van der Waals surface area contributed by atoms with E-state index in [2.05, 4.69) is 0 Å². The molecule has 0 spiro atoms. The van der Waals surface area contributed by atoms with Crippen molar-refractivity contribution < 1.29 is 9.47 Å². The highest BCUT2D eigenvalue weighted by molar-refractivity contribution is 6.18. The first kappa shape index (κ1) is 9.04. The lowest BCUT2D eigenvalue weighted by atomic mass is 10.3.